The first-order valence-electron chi connectivity index (χ1n) is 4.41. The largest absolute Gasteiger partial charge is 0.350 e. The van der Waals surface area contributed by atoms with Crippen LogP contribution in [0.3, 0.4) is 0 Å². The van der Waals surface area contributed by atoms with Crippen molar-refractivity contribution in [3.05, 3.63) is 29.6 Å². The Morgan fingerprint density at radius 2 is 2.38 bits per heavy atom. The molecule has 0 aliphatic rings. The topological polar surface area (TPSA) is 42.0 Å². The number of carbonyl (C=O) groups is 1. The van der Waals surface area contributed by atoms with Crippen LogP contribution in [0.25, 0.3) is 0 Å². The van der Waals surface area contributed by atoms with Crippen LogP contribution in [0.2, 0.25) is 0 Å². The maximum atomic E-state index is 10.9. The lowest BCUT2D eigenvalue weighted by molar-refractivity contribution is -0.120. The third kappa shape index (κ3) is 3.23. The molecule has 0 fully saturated rings. The molecule has 1 rings (SSSR count). The van der Waals surface area contributed by atoms with Gasteiger partial charge in [0, 0.05) is 13.5 Å². The molecule has 1 N–H and O–H groups in total. The number of amides is 1. The van der Waals surface area contributed by atoms with Crippen LogP contribution in [-0.4, -0.2) is 10.9 Å². The van der Waals surface area contributed by atoms with Gasteiger partial charge in [-0.05, 0) is 19.1 Å². The summed E-state index contributed by atoms with van der Waals surface area (Å²) >= 11 is 0. The van der Waals surface area contributed by atoms with Crippen molar-refractivity contribution in [2.45, 2.75) is 26.8 Å². The molecule has 0 saturated carbocycles. The number of hydrogen-bond acceptors (Lipinski definition) is 2. The molecule has 13 heavy (non-hydrogen) atoms. The molecule has 0 saturated heterocycles. The minimum atomic E-state index is 0. The number of nitrogens with one attached hydrogen (secondary N) is 1. The predicted molar refractivity (Wildman–Crippen MR) is 53.2 cm³/mol. The Hall–Kier alpha value is -1.38. The van der Waals surface area contributed by atoms with Gasteiger partial charge in [-0.1, -0.05) is 13.0 Å². The number of aryl methyl sites for hydroxylation is 1. The molecule has 1 aromatic rings. The van der Waals surface area contributed by atoms with Gasteiger partial charge in [-0.3, -0.25) is 9.78 Å². The molecule has 0 unspecified atom stereocenters. The van der Waals surface area contributed by atoms with Gasteiger partial charge in [0.25, 0.3) is 0 Å². The lowest BCUT2D eigenvalue weighted by Crippen LogP contribution is -2.22. The Morgan fingerprint density at radius 1 is 1.62 bits per heavy atom. The van der Waals surface area contributed by atoms with Gasteiger partial charge in [-0.25, -0.2) is 0 Å². The van der Waals surface area contributed by atoms with E-state index in [0.717, 1.165) is 11.4 Å². The highest BCUT2D eigenvalue weighted by atomic mass is 16.1. The SMILES string of the molecule is CCC(=O)NCc1cccc(C)n1.[HH]. The maximum absolute atomic E-state index is 10.9. The molecule has 1 heterocycles. The number of nitrogens with zero attached hydrogens (tertiary/aromatic N) is 1. The first kappa shape index (κ1) is 9.71. The summed E-state index contributed by atoms with van der Waals surface area (Å²) in [5.41, 5.74) is 1.88. The number of pyridine rings is 1. The van der Waals surface area contributed by atoms with Crippen molar-refractivity contribution in [3.63, 3.8) is 0 Å². The smallest absolute Gasteiger partial charge is 0.220 e. The molecule has 0 radical (unpaired) electrons. The quantitative estimate of drug-likeness (QED) is 0.768. The van der Waals surface area contributed by atoms with Gasteiger partial charge in [0.1, 0.15) is 0 Å². The van der Waals surface area contributed by atoms with Crippen LogP contribution < -0.4 is 5.32 Å². The summed E-state index contributed by atoms with van der Waals surface area (Å²) in [6.07, 6.45) is 0.520. The van der Waals surface area contributed by atoms with E-state index in [1.54, 1.807) is 0 Å². The first-order chi connectivity index (χ1) is 6.22. The van der Waals surface area contributed by atoms with Crippen LogP contribution >= 0.6 is 0 Å². The van der Waals surface area contributed by atoms with Crippen molar-refractivity contribution in [3.8, 4) is 0 Å². The molecule has 0 aromatic carbocycles. The number of carbonyl (C=O) groups excluding carboxylic acids is 1. The van der Waals surface area contributed by atoms with Gasteiger partial charge in [0.05, 0.1) is 12.2 Å². The molecule has 1 amide bonds. The molecule has 0 atom stereocenters. The van der Waals surface area contributed by atoms with Gasteiger partial charge in [0.15, 0.2) is 0 Å². The van der Waals surface area contributed by atoms with E-state index in [-0.39, 0.29) is 7.33 Å². The molecule has 0 aliphatic heterocycles. The summed E-state index contributed by atoms with van der Waals surface area (Å²) in [5, 5.41) is 2.77. The second-order valence-corrected chi connectivity index (χ2v) is 2.90. The van der Waals surface area contributed by atoms with E-state index in [1.807, 2.05) is 32.0 Å². The van der Waals surface area contributed by atoms with Crippen molar-refractivity contribution < 1.29 is 6.22 Å². The van der Waals surface area contributed by atoms with E-state index in [4.69, 9.17) is 0 Å². The second kappa shape index (κ2) is 4.60. The Morgan fingerprint density at radius 3 is 3.00 bits per heavy atom. The van der Waals surface area contributed by atoms with Gasteiger partial charge in [-0.15, -0.1) is 0 Å². The zero-order chi connectivity index (χ0) is 9.68. The van der Waals surface area contributed by atoms with Crippen molar-refractivity contribution in [1.82, 2.24) is 10.3 Å². The molecule has 1 aromatic heterocycles. The lowest BCUT2D eigenvalue weighted by Gasteiger charge is -2.03. The Labute approximate surface area is 79.7 Å². The Kier molecular flexibility index (Phi) is 3.43. The van der Waals surface area contributed by atoms with Crippen LogP contribution in [0.15, 0.2) is 18.2 Å². The van der Waals surface area contributed by atoms with E-state index in [1.165, 1.54) is 0 Å². The van der Waals surface area contributed by atoms with Crippen molar-refractivity contribution in [1.29, 1.82) is 0 Å². The highest BCUT2D eigenvalue weighted by Crippen LogP contribution is 1.97. The highest BCUT2D eigenvalue weighted by Gasteiger charge is 1.97. The summed E-state index contributed by atoms with van der Waals surface area (Å²) in [6, 6.07) is 5.78. The van der Waals surface area contributed by atoms with Crippen molar-refractivity contribution in [2.75, 3.05) is 0 Å². The molecule has 3 nitrogen and oxygen atoms in total. The maximum Gasteiger partial charge on any atom is 0.220 e. The first-order valence-corrected chi connectivity index (χ1v) is 4.41. The Bertz CT molecular complexity index is 302. The van der Waals surface area contributed by atoms with Crippen molar-refractivity contribution >= 4 is 5.91 Å². The average molecular weight is 180 g/mol. The summed E-state index contributed by atoms with van der Waals surface area (Å²) in [4.78, 5) is 15.2. The zero-order valence-electron chi connectivity index (χ0n) is 8.00. The zero-order valence-corrected chi connectivity index (χ0v) is 8.00. The average Bonchev–Trinajstić information content (AvgIpc) is 2.14. The van der Waals surface area contributed by atoms with Gasteiger partial charge in [-0.2, -0.15) is 0 Å². The van der Waals surface area contributed by atoms with Crippen LogP contribution in [0.4, 0.5) is 0 Å². The standard InChI is InChI=1S/C10H14N2O.H2/c1-3-10(13)11-7-9-6-4-5-8(2)12-9;/h4-6H,3,7H2,1-2H3,(H,11,13);1H. The Balaban J connectivity index is 0.00000169. The molecule has 3 heteroatoms. The number of hydrogen-bond donors (Lipinski definition) is 1. The van der Waals surface area contributed by atoms with E-state index in [2.05, 4.69) is 10.3 Å². The summed E-state index contributed by atoms with van der Waals surface area (Å²) in [5.74, 6) is 0.0586. The van der Waals surface area contributed by atoms with Crippen LogP contribution in [-0.2, 0) is 11.3 Å². The van der Waals surface area contributed by atoms with Crippen molar-refractivity contribution in [2.24, 2.45) is 0 Å². The fourth-order valence-electron chi connectivity index (χ4n) is 1.01. The predicted octanol–water partition coefficient (Wildman–Crippen LogP) is 1.66. The van der Waals surface area contributed by atoms with E-state index >= 15 is 0 Å². The lowest BCUT2D eigenvalue weighted by atomic mass is 10.3. The molecular formula is C10H16N2O. The molecule has 72 valence electrons. The second-order valence-electron chi connectivity index (χ2n) is 2.90. The summed E-state index contributed by atoms with van der Waals surface area (Å²) < 4.78 is 0. The fourth-order valence-corrected chi connectivity index (χ4v) is 1.01. The molecule has 0 bridgehead atoms. The van der Waals surface area contributed by atoms with Crippen LogP contribution in [0.1, 0.15) is 26.2 Å². The summed E-state index contributed by atoms with van der Waals surface area (Å²) in [7, 11) is 0. The van der Waals surface area contributed by atoms with E-state index in [0.29, 0.717) is 13.0 Å². The molecule has 0 aliphatic carbocycles. The minimum absolute atomic E-state index is 0. The van der Waals surface area contributed by atoms with E-state index in [9.17, 15) is 4.79 Å². The van der Waals surface area contributed by atoms with Crippen LogP contribution in [0.5, 0.6) is 0 Å². The minimum Gasteiger partial charge on any atom is -0.350 e. The number of aromatic nitrogens is 1. The normalized spacial score (nSPS) is 9.69. The van der Waals surface area contributed by atoms with Gasteiger partial charge >= 0.3 is 0 Å². The van der Waals surface area contributed by atoms with Crippen LogP contribution in [0, 0.1) is 6.92 Å². The third-order valence-electron chi connectivity index (χ3n) is 1.73. The third-order valence-corrected chi connectivity index (χ3v) is 1.73. The highest BCUT2D eigenvalue weighted by molar-refractivity contribution is 5.75. The van der Waals surface area contributed by atoms with Gasteiger partial charge in [0.2, 0.25) is 5.91 Å². The van der Waals surface area contributed by atoms with E-state index < -0.39 is 0 Å². The number of rotatable bonds is 3. The van der Waals surface area contributed by atoms with Gasteiger partial charge < -0.3 is 5.32 Å². The monoisotopic (exact) mass is 180 g/mol. The fraction of sp³-hybridized carbons (Fsp3) is 0.400. The summed E-state index contributed by atoms with van der Waals surface area (Å²) in [6.45, 7) is 4.29. The molecular weight excluding hydrogens is 164 g/mol. The molecule has 0 spiro atoms.